The zero-order valence-electron chi connectivity index (χ0n) is 21.3. The molecule has 39 heavy (non-hydrogen) atoms. The Morgan fingerprint density at radius 1 is 0.821 bits per heavy atom. The number of nitrogens with zero attached hydrogens (tertiary/aromatic N) is 3. The van der Waals surface area contributed by atoms with E-state index in [2.05, 4.69) is 10.2 Å². The molecule has 0 unspecified atom stereocenters. The zero-order chi connectivity index (χ0) is 27.1. The maximum Gasteiger partial charge on any atom is 1.00 e. The summed E-state index contributed by atoms with van der Waals surface area (Å²) in [5, 5.41) is 8.11. The second kappa shape index (κ2) is 13.4. The van der Waals surface area contributed by atoms with E-state index in [0.717, 1.165) is 29.3 Å². The molecule has 12 nitrogen and oxygen atoms in total. The number of hydrogen-bond donors (Lipinski definition) is 1. The van der Waals surface area contributed by atoms with Crippen molar-refractivity contribution in [2.24, 2.45) is 5.10 Å². The van der Waals surface area contributed by atoms with Crippen LogP contribution in [0.5, 0.6) is 0 Å². The third kappa shape index (κ3) is 7.72. The van der Waals surface area contributed by atoms with E-state index in [0.29, 0.717) is 17.1 Å². The first kappa shape index (κ1) is 34.4. The van der Waals surface area contributed by atoms with Crippen molar-refractivity contribution in [1.82, 2.24) is 9.78 Å². The van der Waals surface area contributed by atoms with Crippen LogP contribution >= 0.6 is 0 Å². The molecule has 0 fully saturated rings. The Balaban J connectivity index is 0.00000267. The van der Waals surface area contributed by atoms with Gasteiger partial charge in [-0.1, -0.05) is 6.08 Å². The summed E-state index contributed by atoms with van der Waals surface area (Å²) in [5.74, 6) is -0.489. The van der Waals surface area contributed by atoms with Crippen molar-refractivity contribution in [3.05, 3.63) is 87.9 Å². The number of aromatic amines is 1. The summed E-state index contributed by atoms with van der Waals surface area (Å²) < 4.78 is 67.9. The van der Waals surface area contributed by atoms with Crippen molar-refractivity contribution >= 4 is 43.6 Å². The van der Waals surface area contributed by atoms with Crippen molar-refractivity contribution in [2.75, 3.05) is 5.01 Å². The van der Waals surface area contributed by atoms with Crippen molar-refractivity contribution in [3.63, 3.8) is 0 Å². The molecule has 0 radical (unpaired) electrons. The van der Waals surface area contributed by atoms with Crippen LogP contribution in [0.4, 0.5) is 5.69 Å². The third-order valence-corrected chi connectivity index (χ3v) is 7.16. The van der Waals surface area contributed by atoms with E-state index < -0.39 is 41.5 Å². The number of aryl methyl sites for hydroxylation is 1. The molecule has 2 aromatic carbocycles. The topological polar surface area (TPSA) is 185 Å². The van der Waals surface area contributed by atoms with Crippen LogP contribution in [-0.4, -0.2) is 47.3 Å². The number of allylic oxidation sites excluding steroid dienone is 2. The monoisotopic (exact) mass is 620 g/mol. The number of aromatic nitrogens is 2. The SMILES string of the molecule is CC1=NN(c2ccc(S(=O)(=O)[O-])cc2)C(=O)/C1=C/C=C/c1c(C)[nH]n(-c2ccc(S(=O)(=O)[O-])cc2)c1=O.[K+].[K+]. The van der Waals surface area contributed by atoms with Crippen LogP contribution in [0.1, 0.15) is 18.2 Å². The van der Waals surface area contributed by atoms with Crippen LogP contribution in [0.25, 0.3) is 11.8 Å². The largest absolute Gasteiger partial charge is 1.00 e. The average Bonchev–Trinajstić information content (AvgIpc) is 3.28. The molecule has 0 bridgehead atoms. The first-order chi connectivity index (χ1) is 17.3. The van der Waals surface area contributed by atoms with Crippen LogP contribution < -0.4 is 113 Å². The fourth-order valence-corrected chi connectivity index (χ4v) is 4.52. The molecule has 2 heterocycles. The molecular formula is C23H18K2N4O8S2. The summed E-state index contributed by atoms with van der Waals surface area (Å²) >= 11 is 0. The van der Waals surface area contributed by atoms with Crippen LogP contribution in [-0.2, 0) is 25.0 Å². The van der Waals surface area contributed by atoms with Crippen LogP contribution in [0.2, 0.25) is 0 Å². The van der Waals surface area contributed by atoms with Gasteiger partial charge in [0.15, 0.2) is 0 Å². The molecule has 1 aromatic heterocycles. The predicted molar refractivity (Wildman–Crippen MR) is 131 cm³/mol. The van der Waals surface area contributed by atoms with E-state index in [9.17, 15) is 35.5 Å². The van der Waals surface area contributed by atoms with Gasteiger partial charge in [-0.15, -0.1) is 0 Å². The van der Waals surface area contributed by atoms with Gasteiger partial charge < -0.3 is 9.11 Å². The number of amides is 1. The molecule has 1 N–H and O–H groups in total. The molecule has 0 saturated carbocycles. The van der Waals surface area contributed by atoms with Crippen molar-refractivity contribution in [3.8, 4) is 5.69 Å². The van der Waals surface area contributed by atoms with Crippen LogP contribution in [0.3, 0.4) is 0 Å². The first-order valence-electron chi connectivity index (χ1n) is 10.5. The number of rotatable bonds is 6. The number of carbonyl (C=O) groups excluding carboxylic acids is 1. The van der Waals surface area contributed by atoms with Crippen LogP contribution in [0, 0.1) is 6.92 Å². The van der Waals surface area contributed by atoms with E-state index in [1.807, 2.05) is 0 Å². The Bertz CT molecular complexity index is 1770. The zero-order valence-corrected chi connectivity index (χ0v) is 29.2. The molecule has 1 aliphatic rings. The molecule has 0 spiro atoms. The Morgan fingerprint density at radius 3 is 1.79 bits per heavy atom. The van der Waals surface area contributed by atoms with Gasteiger partial charge in [0.25, 0.3) is 11.5 Å². The first-order valence-corrected chi connectivity index (χ1v) is 13.3. The van der Waals surface area contributed by atoms with Gasteiger partial charge in [-0.25, -0.2) is 21.5 Å². The Labute approximate surface area is 309 Å². The number of H-pyrrole nitrogens is 1. The van der Waals surface area contributed by atoms with Gasteiger partial charge in [0, 0.05) is 5.69 Å². The molecule has 1 aliphatic heterocycles. The van der Waals surface area contributed by atoms with Crippen molar-refractivity contribution in [2.45, 2.75) is 23.6 Å². The molecule has 1 amide bonds. The van der Waals surface area contributed by atoms with Gasteiger partial charge in [0.2, 0.25) is 0 Å². The molecule has 0 atom stereocenters. The van der Waals surface area contributed by atoms with E-state index in [1.165, 1.54) is 47.2 Å². The summed E-state index contributed by atoms with van der Waals surface area (Å²) in [5.41, 5.74) is 1.54. The second-order valence-corrected chi connectivity index (χ2v) is 10.7. The van der Waals surface area contributed by atoms with Gasteiger partial charge in [0.05, 0.1) is 38.0 Å². The minimum Gasteiger partial charge on any atom is -0.744 e. The van der Waals surface area contributed by atoms with Crippen LogP contribution in [0.15, 0.2) is 85.9 Å². The Hall–Kier alpha value is -0.837. The average molecular weight is 621 g/mol. The fourth-order valence-electron chi connectivity index (χ4n) is 3.58. The van der Waals surface area contributed by atoms with Gasteiger partial charge in [-0.3, -0.25) is 14.7 Å². The minimum atomic E-state index is -4.62. The van der Waals surface area contributed by atoms with Gasteiger partial charge in [0.1, 0.15) is 20.2 Å². The van der Waals surface area contributed by atoms with Crippen molar-refractivity contribution < 1.29 is 134 Å². The summed E-state index contributed by atoms with van der Waals surface area (Å²) in [6, 6.07) is 9.62. The summed E-state index contributed by atoms with van der Waals surface area (Å²) in [6.45, 7) is 3.26. The number of hydrazone groups is 1. The molecule has 16 heteroatoms. The number of benzene rings is 2. The van der Waals surface area contributed by atoms with Crippen molar-refractivity contribution in [1.29, 1.82) is 0 Å². The number of hydrogen-bond acceptors (Lipinski definition) is 9. The summed E-state index contributed by atoms with van der Waals surface area (Å²) in [6.07, 6.45) is 4.46. The second-order valence-electron chi connectivity index (χ2n) is 7.93. The minimum absolute atomic E-state index is 0. The quantitative estimate of drug-likeness (QED) is 0.163. The van der Waals surface area contributed by atoms with E-state index in [4.69, 9.17) is 0 Å². The summed E-state index contributed by atoms with van der Waals surface area (Å²) in [4.78, 5) is 24.9. The smallest absolute Gasteiger partial charge is 0.744 e. The van der Waals surface area contributed by atoms with E-state index >= 15 is 0 Å². The molecule has 0 aliphatic carbocycles. The normalized spacial score (nSPS) is 14.9. The van der Waals surface area contributed by atoms with Gasteiger partial charge in [-0.2, -0.15) is 10.1 Å². The van der Waals surface area contributed by atoms with Gasteiger partial charge in [-0.05, 0) is 74.5 Å². The number of nitrogens with one attached hydrogen (secondary N) is 1. The standard InChI is InChI=1S/C23H20N4O8S2.2K/c1-14-20(22(28)26(24-14)16-6-10-18(11-7-16)36(30,31)32)4-3-5-21-15(2)25-27(23(21)29)17-8-12-19(13-9-17)37(33,34)35;;/h3-13,24H,1-2H3,(H,30,31,32)(H,33,34,35);;/q;2*+1/p-2/b4-3+,21-5+;;. The maximum atomic E-state index is 12.9. The Morgan fingerprint density at radius 2 is 1.31 bits per heavy atom. The summed E-state index contributed by atoms with van der Waals surface area (Å²) in [7, 11) is -9.24. The van der Waals surface area contributed by atoms with E-state index in [-0.39, 0.29) is 120 Å². The van der Waals surface area contributed by atoms with Gasteiger partial charge >= 0.3 is 103 Å². The maximum absolute atomic E-state index is 12.9. The Kier molecular flexibility index (Phi) is 11.8. The molecule has 3 aromatic rings. The third-order valence-electron chi connectivity index (χ3n) is 5.46. The molecule has 0 saturated heterocycles. The predicted octanol–water partition coefficient (Wildman–Crippen LogP) is -4.35. The molecule has 192 valence electrons. The number of anilines is 1. The molecule has 4 rings (SSSR count). The van der Waals surface area contributed by atoms with E-state index in [1.54, 1.807) is 13.8 Å². The number of carbonyl (C=O) groups is 1. The molecular weight excluding hydrogens is 603 g/mol. The fraction of sp³-hybridized carbons (Fsp3) is 0.0870.